The number of nitrogens with one attached hydrogen (secondary N) is 1. The normalized spacial score (nSPS) is 17.8. The third-order valence-electron chi connectivity index (χ3n) is 5.13. The second-order valence-electron chi connectivity index (χ2n) is 7.52. The van der Waals surface area contributed by atoms with Crippen LogP contribution < -0.4 is 5.32 Å². The number of amides is 1. The summed E-state index contributed by atoms with van der Waals surface area (Å²) in [6.07, 6.45) is 4.60. The second-order valence-corrected chi connectivity index (χ2v) is 7.52. The molecule has 1 saturated heterocycles. The number of hydrogen-bond acceptors (Lipinski definition) is 2. The number of carbonyl (C=O) groups excluding carboxylic acids is 1. The molecule has 3 heteroatoms. The molecular formula is C23H30N2O. The van der Waals surface area contributed by atoms with Crippen molar-refractivity contribution in [3.63, 3.8) is 0 Å². The van der Waals surface area contributed by atoms with Crippen LogP contribution in [0.15, 0.2) is 54.6 Å². The zero-order valence-electron chi connectivity index (χ0n) is 15.8. The number of carbonyl (C=O) groups is 1. The molecule has 1 N–H and O–H groups in total. The lowest BCUT2D eigenvalue weighted by Gasteiger charge is -2.30. The van der Waals surface area contributed by atoms with Gasteiger partial charge in [0, 0.05) is 25.2 Å². The highest BCUT2D eigenvalue weighted by Crippen LogP contribution is 2.18. The molecule has 138 valence electrons. The van der Waals surface area contributed by atoms with E-state index in [1.165, 1.54) is 37.1 Å². The van der Waals surface area contributed by atoms with E-state index in [1.807, 2.05) is 18.2 Å². The molecule has 0 aliphatic carbocycles. The summed E-state index contributed by atoms with van der Waals surface area (Å²) in [6.45, 7) is 6.40. The lowest BCUT2D eigenvalue weighted by Crippen LogP contribution is -2.33. The van der Waals surface area contributed by atoms with Crippen molar-refractivity contribution in [3.8, 4) is 0 Å². The number of benzene rings is 2. The minimum absolute atomic E-state index is 0.0243. The van der Waals surface area contributed by atoms with Crippen LogP contribution in [0.4, 0.5) is 0 Å². The third-order valence-corrected chi connectivity index (χ3v) is 5.13. The van der Waals surface area contributed by atoms with Crippen LogP contribution in [-0.4, -0.2) is 30.4 Å². The quantitative estimate of drug-likeness (QED) is 0.756. The van der Waals surface area contributed by atoms with Gasteiger partial charge in [0.05, 0.1) is 0 Å². The van der Waals surface area contributed by atoms with Crippen molar-refractivity contribution in [2.45, 2.75) is 39.2 Å². The average molecular weight is 351 g/mol. The van der Waals surface area contributed by atoms with E-state index in [0.717, 1.165) is 30.9 Å². The van der Waals surface area contributed by atoms with E-state index in [1.54, 1.807) is 0 Å². The summed E-state index contributed by atoms with van der Waals surface area (Å²) in [7, 11) is 0. The summed E-state index contributed by atoms with van der Waals surface area (Å²) < 4.78 is 0. The van der Waals surface area contributed by atoms with Gasteiger partial charge in [-0.25, -0.2) is 0 Å². The molecule has 0 unspecified atom stereocenters. The topological polar surface area (TPSA) is 32.3 Å². The molecule has 1 aliphatic rings. The highest BCUT2D eigenvalue weighted by atomic mass is 16.1. The lowest BCUT2D eigenvalue weighted by molar-refractivity contribution is 0.0953. The standard InChI is InChI=1S/C23H30N2O/c1-19-7-6-16-25(17-19)18-21-11-13-22(14-12-21)23(26)24-15-5-10-20-8-3-2-4-9-20/h2-4,8-9,11-14,19H,5-7,10,15-18H2,1H3,(H,24,26)/t19-/m1/s1. The first-order valence-corrected chi connectivity index (χ1v) is 9.84. The molecule has 3 nitrogen and oxygen atoms in total. The first-order chi connectivity index (χ1) is 12.7. The van der Waals surface area contributed by atoms with Gasteiger partial charge >= 0.3 is 0 Å². The van der Waals surface area contributed by atoms with Crippen LogP contribution in [0.25, 0.3) is 0 Å². The molecule has 3 rings (SSSR count). The Kier molecular flexibility index (Phi) is 6.84. The molecule has 0 spiro atoms. The van der Waals surface area contributed by atoms with Crippen LogP contribution in [0, 0.1) is 5.92 Å². The van der Waals surface area contributed by atoms with Gasteiger partial charge in [-0.1, -0.05) is 49.4 Å². The Balaban J connectivity index is 1.41. The van der Waals surface area contributed by atoms with E-state index in [-0.39, 0.29) is 5.91 Å². The molecule has 0 aromatic heterocycles. The van der Waals surface area contributed by atoms with Crippen LogP contribution in [-0.2, 0) is 13.0 Å². The summed E-state index contributed by atoms with van der Waals surface area (Å²) in [5.41, 5.74) is 3.36. The summed E-state index contributed by atoms with van der Waals surface area (Å²) in [4.78, 5) is 14.8. The SMILES string of the molecule is C[C@@H]1CCCN(Cc2ccc(C(=O)NCCCc3ccccc3)cc2)C1. The molecule has 1 fully saturated rings. The maximum absolute atomic E-state index is 12.3. The van der Waals surface area contributed by atoms with Gasteiger partial charge in [0.2, 0.25) is 0 Å². The fourth-order valence-corrected chi connectivity index (χ4v) is 3.69. The van der Waals surface area contributed by atoms with Gasteiger partial charge in [-0.2, -0.15) is 0 Å². The molecule has 1 aliphatic heterocycles. The Morgan fingerprint density at radius 3 is 2.58 bits per heavy atom. The lowest BCUT2D eigenvalue weighted by atomic mass is 9.99. The van der Waals surface area contributed by atoms with Crippen LogP contribution in [0.2, 0.25) is 0 Å². The van der Waals surface area contributed by atoms with Gasteiger partial charge in [-0.3, -0.25) is 9.69 Å². The van der Waals surface area contributed by atoms with Crippen LogP contribution in [0.1, 0.15) is 47.7 Å². The van der Waals surface area contributed by atoms with Gasteiger partial charge in [0.1, 0.15) is 0 Å². The molecule has 2 aromatic rings. The van der Waals surface area contributed by atoms with Gasteiger partial charge in [-0.05, 0) is 61.4 Å². The van der Waals surface area contributed by atoms with E-state index >= 15 is 0 Å². The first kappa shape index (κ1) is 18.7. The zero-order valence-corrected chi connectivity index (χ0v) is 15.8. The van der Waals surface area contributed by atoms with Crippen molar-refractivity contribution < 1.29 is 4.79 Å². The monoisotopic (exact) mass is 350 g/mol. The number of hydrogen-bond donors (Lipinski definition) is 1. The van der Waals surface area contributed by atoms with Gasteiger partial charge in [-0.15, -0.1) is 0 Å². The molecule has 0 radical (unpaired) electrons. The van der Waals surface area contributed by atoms with Crippen molar-refractivity contribution in [2.75, 3.05) is 19.6 Å². The predicted molar refractivity (Wildman–Crippen MR) is 107 cm³/mol. The molecule has 1 atom stereocenters. The number of rotatable bonds is 7. The Bertz CT molecular complexity index is 681. The Morgan fingerprint density at radius 2 is 1.85 bits per heavy atom. The van der Waals surface area contributed by atoms with E-state index in [9.17, 15) is 4.79 Å². The molecule has 1 amide bonds. The zero-order chi connectivity index (χ0) is 18.2. The number of likely N-dealkylation sites (tertiary alicyclic amines) is 1. The molecule has 2 aromatic carbocycles. The molecule has 26 heavy (non-hydrogen) atoms. The fourth-order valence-electron chi connectivity index (χ4n) is 3.69. The van der Waals surface area contributed by atoms with Crippen LogP contribution in [0.5, 0.6) is 0 Å². The van der Waals surface area contributed by atoms with Gasteiger partial charge < -0.3 is 5.32 Å². The Labute approximate surface area is 157 Å². The van der Waals surface area contributed by atoms with Gasteiger partial charge in [0.25, 0.3) is 5.91 Å². The summed E-state index contributed by atoms with van der Waals surface area (Å²) >= 11 is 0. The van der Waals surface area contributed by atoms with Crippen molar-refractivity contribution in [1.82, 2.24) is 10.2 Å². The maximum Gasteiger partial charge on any atom is 0.251 e. The highest BCUT2D eigenvalue weighted by molar-refractivity contribution is 5.94. The van der Waals surface area contributed by atoms with E-state index in [0.29, 0.717) is 6.54 Å². The molecule has 1 heterocycles. The van der Waals surface area contributed by atoms with Crippen LogP contribution in [0.3, 0.4) is 0 Å². The summed E-state index contributed by atoms with van der Waals surface area (Å²) in [5, 5.41) is 3.03. The number of nitrogens with zero attached hydrogens (tertiary/aromatic N) is 1. The molecule has 0 bridgehead atoms. The van der Waals surface area contributed by atoms with Crippen molar-refractivity contribution >= 4 is 5.91 Å². The fraction of sp³-hybridized carbons (Fsp3) is 0.435. The highest BCUT2D eigenvalue weighted by Gasteiger charge is 2.16. The molecule has 0 saturated carbocycles. The Hall–Kier alpha value is -2.13. The third kappa shape index (κ3) is 5.70. The smallest absolute Gasteiger partial charge is 0.251 e. The average Bonchev–Trinajstić information content (AvgIpc) is 2.66. The number of piperidine rings is 1. The predicted octanol–water partition coefficient (Wildman–Crippen LogP) is 4.28. The van der Waals surface area contributed by atoms with Crippen molar-refractivity contribution in [2.24, 2.45) is 5.92 Å². The van der Waals surface area contributed by atoms with Crippen molar-refractivity contribution in [1.29, 1.82) is 0 Å². The first-order valence-electron chi connectivity index (χ1n) is 9.84. The van der Waals surface area contributed by atoms with E-state index in [2.05, 4.69) is 53.5 Å². The summed E-state index contributed by atoms with van der Waals surface area (Å²) in [5.74, 6) is 0.820. The van der Waals surface area contributed by atoms with E-state index < -0.39 is 0 Å². The van der Waals surface area contributed by atoms with Crippen LogP contribution >= 0.6 is 0 Å². The largest absolute Gasteiger partial charge is 0.352 e. The minimum atomic E-state index is 0.0243. The maximum atomic E-state index is 12.3. The number of aryl methyl sites for hydroxylation is 1. The minimum Gasteiger partial charge on any atom is -0.352 e. The molecular weight excluding hydrogens is 320 g/mol. The summed E-state index contributed by atoms with van der Waals surface area (Å²) in [6, 6.07) is 18.5. The van der Waals surface area contributed by atoms with Gasteiger partial charge in [0.15, 0.2) is 0 Å². The second kappa shape index (κ2) is 9.54. The Morgan fingerprint density at radius 1 is 1.08 bits per heavy atom. The van der Waals surface area contributed by atoms with E-state index in [4.69, 9.17) is 0 Å². The van der Waals surface area contributed by atoms with Crippen molar-refractivity contribution in [3.05, 3.63) is 71.3 Å².